The van der Waals surface area contributed by atoms with Crippen LogP contribution in [0.2, 0.25) is 0 Å². The molecule has 8 heteroatoms. The minimum Gasteiger partial charge on any atom is -0.338 e. The van der Waals surface area contributed by atoms with Gasteiger partial charge in [-0.2, -0.15) is 0 Å². The number of sulfonamides is 1. The van der Waals surface area contributed by atoms with Crippen LogP contribution in [0.3, 0.4) is 0 Å². The van der Waals surface area contributed by atoms with Crippen molar-refractivity contribution in [3.63, 3.8) is 0 Å². The number of primary sulfonamides is 1. The largest absolute Gasteiger partial charge is 0.338 e. The Bertz CT molecular complexity index is 622. The third-order valence-corrected chi connectivity index (χ3v) is 6.65. The first-order valence-corrected chi connectivity index (χ1v) is 9.98. The number of carbonyl (C=O) groups excluding carboxylic acids is 1. The first-order valence-electron chi connectivity index (χ1n) is 7.49. The van der Waals surface area contributed by atoms with Gasteiger partial charge >= 0.3 is 0 Å². The zero-order valence-electron chi connectivity index (χ0n) is 12.3. The molecular weight excluding hydrogens is 322 g/mol. The molecular formula is C14H21N3O3S2. The number of carbonyl (C=O) groups is 1. The number of amides is 1. The average Bonchev–Trinajstić information content (AvgIpc) is 3.09. The summed E-state index contributed by atoms with van der Waals surface area (Å²) in [6.07, 6.45) is 1.83. The molecule has 0 saturated carbocycles. The maximum absolute atomic E-state index is 12.1. The Morgan fingerprint density at radius 1 is 1.32 bits per heavy atom. The van der Waals surface area contributed by atoms with Gasteiger partial charge in [-0.3, -0.25) is 9.69 Å². The molecule has 1 amide bonds. The first kappa shape index (κ1) is 15.9. The molecule has 6 nitrogen and oxygen atoms in total. The van der Waals surface area contributed by atoms with Crippen LogP contribution in [0.1, 0.15) is 24.1 Å². The molecule has 0 aromatic carbocycles. The van der Waals surface area contributed by atoms with Crippen LogP contribution in [0.4, 0.5) is 0 Å². The van der Waals surface area contributed by atoms with E-state index in [-0.39, 0.29) is 24.9 Å². The van der Waals surface area contributed by atoms with Crippen LogP contribution in [0.25, 0.3) is 0 Å². The van der Waals surface area contributed by atoms with Gasteiger partial charge in [-0.15, -0.1) is 11.3 Å². The molecule has 1 atom stereocenters. The van der Waals surface area contributed by atoms with E-state index < -0.39 is 15.3 Å². The van der Waals surface area contributed by atoms with E-state index in [2.05, 4.69) is 22.4 Å². The molecule has 2 aliphatic rings. The van der Waals surface area contributed by atoms with Gasteiger partial charge in [0, 0.05) is 43.5 Å². The second kappa shape index (κ2) is 6.27. The summed E-state index contributed by atoms with van der Waals surface area (Å²) in [5.41, 5.74) is 0. The smallest absolute Gasteiger partial charge is 0.224 e. The fraction of sp³-hybridized carbons (Fsp3) is 0.643. The van der Waals surface area contributed by atoms with E-state index in [1.807, 2.05) is 0 Å². The minimum absolute atomic E-state index is 0.0360. The van der Waals surface area contributed by atoms with Crippen molar-refractivity contribution in [3.05, 3.63) is 22.4 Å². The standard InChI is InChI=1S/C14H21N3O3S2/c15-22(19,20)13-8-14(18)17(10-13)11-3-5-16(6-4-11)9-12-2-1-7-21-12/h1-2,7,11,13H,3-6,8-10H2,(H2,15,19,20). The topological polar surface area (TPSA) is 83.7 Å². The van der Waals surface area contributed by atoms with Gasteiger partial charge in [0.1, 0.15) is 5.25 Å². The second-order valence-electron chi connectivity index (χ2n) is 6.05. The summed E-state index contributed by atoms with van der Waals surface area (Å²) in [5, 5.41) is 6.53. The zero-order valence-corrected chi connectivity index (χ0v) is 14.0. The number of thiophene rings is 1. The molecule has 1 unspecified atom stereocenters. The number of rotatable bonds is 4. The first-order chi connectivity index (χ1) is 10.4. The molecule has 3 rings (SSSR count). The summed E-state index contributed by atoms with van der Waals surface area (Å²) in [7, 11) is -3.62. The van der Waals surface area contributed by atoms with Crippen molar-refractivity contribution in [2.45, 2.75) is 37.1 Å². The number of nitrogens with two attached hydrogens (primary N) is 1. The van der Waals surface area contributed by atoms with E-state index in [9.17, 15) is 13.2 Å². The van der Waals surface area contributed by atoms with E-state index in [0.29, 0.717) is 0 Å². The molecule has 122 valence electrons. The highest BCUT2D eigenvalue weighted by Crippen LogP contribution is 2.25. The third kappa shape index (κ3) is 3.51. The van der Waals surface area contributed by atoms with Crippen LogP contribution in [0.15, 0.2) is 17.5 Å². The molecule has 2 saturated heterocycles. The van der Waals surface area contributed by atoms with Crippen LogP contribution in [-0.2, 0) is 21.4 Å². The van der Waals surface area contributed by atoms with Crippen LogP contribution in [0.5, 0.6) is 0 Å². The fourth-order valence-electron chi connectivity index (χ4n) is 3.28. The van der Waals surface area contributed by atoms with Crippen LogP contribution in [-0.4, -0.2) is 55.1 Å². The number of piperidine rings is 1. The molecule has 1 aromatic heterocycles. The maximum Gasteiger partial charge on any atom is 0.224 e. The molecule has 0 bridgehead atoms. The quantitative estimate of drug-likeness (QED) is 0.868. The fourth-order valence-corrected chi connectivity index (χ4v) is 4.77. The SMILES string of the molecule is NS(=O)(=O)C1CC(=O)N(C2CCN(Cc3cccs3)CC2)C1. The summed E-state index contributed by atoms with van der Waals surface area (Å²) in [5.74, 6) is -0.0734. The zero-order chi connectivity index (χ0) is 15.7. The van der Waals surface area contributed by atoms with Gasteiger partial charge in [-0.25, -0.2) is 13.6 Å². The lowest BCUT2D eigenvalue weighted by molar-refractivity contribution is -0.130. The summed E-state index contributed by atoms with van der Waals surface area (Å²) in [6.45, 7) is 3.09. The van der Waals surface area contributed by atoms with E-state index in [0.717, 1.165) is 32.5 Å². The highest BCUT2D eigenvalue weighted by Gasteiger charge is 2.40. The average molecular weight is 343 g/mol. The Morgan fingerprint density at radius 2 is 2.05 bits per heavy atom. The molecule has 22 heavy (non-hydrogen) atoms. The van der Waals surface area contributed by atoms with Crippen molar-refractivity contribution in [2.75, 3.05) is 19.6 Å². The molecule has 3 heterocycles. The minimum atomic E-state index is -3.62. The van der Waals surface area contributed by atoms with Crippen LogP contribution in [0, 0.1) is 0 Å². The maximum atomic E-state index is 12.1. The van der Waals surface area contributed by atoms with Gasteiger partial charge in [-0.1, -0.05) is 6.07 Å². The van der Waals surface area contributed by atoms with Gasteiger partial charge in [-0.05, 0) is 24.3 Å². The van der Waals surface area contributed by atoms with Gasteiger partial charge < -0.3 is 4.90 Å². The van der Waals surface area contributed by atoms with Crippen LogP contribution >= 0.6 is 11.3 Å². The highest BCUT2D eigenvalue weighted by molar-refractivity contribution is 7.89. The lowest BCUT2D eigenvalue weighted by atomic mass is 10.0. The highest BCUT2D eigenvalue weighted by atomic mass is 32.2. The normalized spacial score (nSPS) is 25.0. The monoisotopic (exact) mass is 343 g/mol. The molecule has 0 spiro atoms. The summed E-state index contributed by atoms with van der Waals surface area (Å²) >= 11 is 1.76. The Labute approximate surface area is 134 Å². The van der Waals surface area contributed by atoms with Gasteiger partial charge in [0.15, 0.2) is 0 Å². The Balaban J connectivity index is 1.54. The van der Waals surface area contributed by atoms with E-state index in [1.54, 1.807) is 16.2 Å². The molecule has 0 aliphatic carbocycles. The van der Waals surface area contributed by atoms with Gasteiger partial charge in [0.25, 0.3) is 0 Å². The lowest BCUT2D eigenvalue weighted by Gasteiger charge is -2.36. The number of hydrogen-bond acceptors (Lipinski definition) is 5. The van der Waals surface area contributed by atoms with Crippen molar-refractivity contribution in [1.82, 2.24) is 9.80 Å². The molecule has 2 N–H and O–H groups in total. The summed E-state index contributed by atoms with van der Waals surface area (Å²) in [4.78, 5) is 17.5. The third-order valence-electron chi connectivity index (χ3n) is 4.55. The van der Waals surface area contributed by atoms with Gasteiger partial charge in [0.05, 0.1) is 0 Å². The van der Waals surface area contributed by atoms with E-state index in [1.165, 1.54) is 4.88 Å². The Hall–Kier alpha value is -0.960. The lowest BCUT2D eigenvalue weighted by Crippen LogP contribution is -2.45. The number of hydrogen-bond donors (Lipinski definition) is 1. The Morgan fingerprint density at radius 3 is 2.59 bits per heavy atom. The summed E-state index contributed by atoms with van der Waals surface area (Å²) in [6, 6.07) is 4.35. The molecule has 2 aliphatic heterocycles. The second-order valence-corrected chi connectivity index (χ2v) is 8.92. The van der Waals surface area contributed by atoms with Crippen molar-refractivity contribution < 1.29 is 13.2 Å². The van der Waals surface area contributed by atoms with Crippen molar-refractivity contribution in [2.24, 2.45) is 5.14 Å². The van der Waals surface area contributed by atoms with E-state index in [4.69, 9.17) is 5.14 Å². The molecule has 2 fully saturated rings. The van der Waals surface area contributed by atoms with Gasteiger partial charge in [0.2, 0.25) is 15.9 Å². The predicted octanol–water partition coefficient (Wildman–Crippen LogP) is 0.602. The van der Waals surface area contributed by atoms with Crippen molar-refractivity contribution in [1.29, 1.82) is 0 Å². The predicted molar refractivity (Wildman–Crippen MR) is 85.8 cm³/mol. The number of likely N-dealkylation sites (tertiary alicyclic amines) is 2. The number of nitrogens with zero attached hydrogens (tertiary/aromatic N) is 2. The van der Waals surface area contributed by atoms with Crippen molar-refractivity contribution >= 4 is 27.3 Å². The molecule has 1 aromatic rings. The Kier molecular flexibility index (Phi) is 4.54. The molecule has 0 radical (unpaired) electrons. The summed E-state index contributed by atoms with van der Waals surface area (Å²) < 4.78 is 22.9. The van der Waals surface area contributed by atoms with Crippen LogP contribution < -0.4 is 5.14 Å². The van der Waals surface area contributed by atoms with Crippen molar-refractivity contribution in [3.8, 4) is 0 Å². The van der Waals surface area contributed by atoms with E-state index >= 15 is 0 Å².